The molecule has 1 aromatic heterocycles. The zero-order valence-corrected chi connectivity index (χ0v) is 9.74. The van der Waals surface area contributed by atoms with Gasteiger partial charge in [0.15, 0.2) is 0 Å². The molecular formula is C12H10N2O2S. The summed E-state index contributed by atoms with van der Waals surface area (Å²) in [5.74, 6) is 0.680. The van der Waals surface area contributed by atoms with Gasteiger partial charge >= 0.3 is 5.63 Å². The van der Waals surface area contributed by atoms with Crippen LogP contribution in [0.1, 0.15) is 0 Å². The van der Waals surface area contributed by atoms with Crippen LogP contribution in [0.5, 0.6) is 0 Å². The summed E-state index contributed by atoms with van der Waals surface area (Å²) < 4.78 is 5.28. The highest BCUT2D eigenvalue weighted by molar-refractivity contribution is 8.02. The summed E-state index contributed by atoms with van der Waals surface area (Å²) >= 11 is 1.61. The van der Waals surface area contributed by atoms with Crippen LogP contribution in [0.15, 0.2) is 51.2 Å². The number of hydrogen-bond acceptors (Lipinski definition) is 5. The molecule has 86 valence electrons. The Hall–Kier alpha value is -1.88. The molecule has 5 heteroatoms. The number of hydrogen-bond donors (Lipinski definition) is 1. The van der Waals surface area contributed by atoms with E-state index >= 15 is 0 Å². The molecule has 1 N–H and O–H groups in total. The van der Waals surface area contributed by atoms with Gasteiger partial charge in [0.2, 0.25) is 0 Å². The SMILES string of the molecule is O=c1oc2ccccc2cc1N1CSC=CN1. The van der Waals surface area contributed by atoms with Crippen LogP contribution in [0, 0.1) is 0 Å². The molecule has 0 spiro atoms. The Labute approximate surface area is 102 Å². The zero-order valence-electron chi connectivity index (χ0n) is 8.92. The second kappa shape index (κ2) is 4.18. The number of para-hydroxylation sites is 1. The maximum absolute atomic E-state index is 11.9. The summed E-state index contributed by atoms with van der Waals surface area (Å²) in [5.41, 5.74) is 3.83. The van der Waals surface area contributed by atoms with Crippen molar-refractivity contribution in [2.24, 2.45) is 0 Å². The van der Waals surface area contributed by atoms with Gasteiger partial charge in [-0.15, -0.1) is 11.8 Å². The quantitative estimate of drug-likeness (QED) is 0.782. The third-order valence-electron chi connectivity index (χ3n) is 2.51. The van der Waals surface area contributed by atoms with E-state index in [0.29, 0.717) is 17.1 Å². The largest absolute Gasteiger partial charge is 0.421 e. The van der Waals surface area contributed by atoms with Gasteiger partial charge in [0.25, 0.3) is 0 Å². The third-order valence-corrected chi connectivity index (χ3v) is 3.25. The maximum Gasteiger partial charge on any atom is 0.361 e. The molecule has 0 saturated carbocycles. The first-order valence-electron chi connectivity index (χ1n) is 5.18. The minimum absolute atomic E-state index is 0.327. The Morgan fingerprint density at radius 1 is 1.35 bits per heavy atom. The first-order valence-corrected chi connectivity index (χ1v) is 6.23. The number of nitrogens with zero attached hydrogens (tertiary/aromatic N) is 1. The van der Waals surface area contributed by atoms with E-state index in [1.165, 1.54) is 0 Å². The molecule has 17 heavy (non-hydrogen) atoms. The van der Waals surface area contributed by atoms with Crippen molar-refractivity contribution >= 4 is 28.4 Å². The van der Waals surface area contributed by atoms with Crippen molar-refractivity contribution in [1.29, 1.82) is 0 Å². The number of benzene rings is 1. The predicted molar refractivity (Wildman–Crippen MR) is 69.7 cm³/mol. The zero-order chi connectivity index (χ0) is 11.7. The highest BCUT2D eigenvalue weighted by atomic mass is 32.2. The van der Waals surface area contributed by atoms with Gasteiger partial charge in [0.05, 0.1) is 5.88 Å². The molecule has 0 aliphatic carbocycles. The van der Waals surface area contributed by atoms with Crippen LogP contribution in [0.25, 0.3) is 11.0 Å². The lowest BCUT2D eigenvalue weighted by molar-refractivity contribution is 0.556. The van der Waals surface area contributed by atoms with Crippen molar-refractivity contribution in [3.8, 4) is 0 Å². The molecule has 1 aliphatic rings. The Bertz CT molecular complexity index is 636. The van der Waals surface area contributed by atoms with Gasteiger partial charge < -0.3 is 9.84 Å². The summed E-state index contributed by atoms with van der Waals surface area (Å²) in [5, 5.41) is 4.63. The monoisotopic (exact) mass is 246 g/mol. The second-order valence-electron chi connectivity index (χ2n) is 3.61. The van der Waals surface area contributed by atoms with Gasteiger partial charge in [-0.05, 0) is 17.5 Å². The molecule has 1 aliphatic heterocycles. The van der Waals surface area contributed by atoms with Crippen LogP contribution >= 0.6 is 11.8 Å². The normalized spacial score (nSPS) is 14.9. The lowest BCUT2D eigenvalue weighted by Gasteiger charge is -2.24. The summed E-state index contributed by atoms with van der Waals surface area (Å²) in [7, 11) is 0. The van der Waals surface area contributed by atoms with Crippen LogP contribution in [0.3, 0.4) is 0 Å². The molecule has 0 radical (unpaired) electrons. The first kappa shape index (κ1) is 10.3. The van der Waals surface area contributed by atoms with Crippen LogP contribution in [0.4, 0.5) is 5.69 Å². The molecule has 0 fully saturated rings. The molecule has 2 heterocycles. The fraction of sp³-hybridized carbons (Fsp3) is 0.0833. The number of nitrogens with one attached hydrogen (secondary N) is 1. The smallest absolute Gasteiger partial charge is 0.361 e. The molecule has 0 bridgehead atoms. The van der Waals surface area contributed by atoms with E-state index in [0.717, 1.165) is 5.39 Å². The van der Waals surface area contributed by atoms with Crippen LogP contribution in [-0.4, -0.2) is 5.88 Å². The topological polar surface area (TPSA) is 45.5 Å². The van der Waals surface area contributed by atoms with Crippen molar-refractivity contribution in [1.82, 2.24) is 5.43 Å². The van der Waals surface area contributed by atoms with E-state index in [9.17, 15) is 4.79 Å². The fourth-order valence-electron chi connectivity index (χ4n) is 1.70. The highest BCUT2D eigenvalue weighted by Crippen LogP contribution is 2.20. The van der Waals surface area contributed by atoms with E-state index < -0.39 is 0 Å². The number of rotatable bonds is 1. The van der Waals surface area contributed by atoms with E-state index in [4.69, 9.17) is 4.42 Å². The van der Waals surface area contributed by atoms with Crippen molar-refractivity contribution < 1.29 is 4.42 Å². The lowest BCUT2D eigenvalue weighted by Crippen LogP contribution is -2.38. The second-order valence-corrected chi connectivity index (χ2v) is 4.48. The molecule has 0 unspecified atom stereocenters. The molecule has 0 atom stereocenters. The Morgan fingerprint density at radius 2 is 2.24 bits per heavy atom. The summed E-state index contributed by atoms with van der Waals surface area (Å²) in [6.07, 6.45) is 1.79. The number of anilines is 1. The molecular weight excluding hydrogens is 236 g/mol. The van der Waals surface area contributed by atoms with Crippen LogP contribution in [-0.2, 0) is 0 Å². The van der Waals surface area contributed by atoms with Crippen LogP contribution < -0.4 is 16.1 Å². The minimum Gasteiger partial charge on any atom is -0.421 e. The van der Waals surface area contributed by atoms with Gasteiger partial charge in [0.1, 0.15) is 11.3 Å². The van der Waals surface area contributed by atoms with Gasteiger partial charge in [-0.25, -0.2) is 4.79 Å². The van der Waals surface area contributed by atoms with E-state index in [1.54, 1.807) is 29.0 Å². The average molecular weight is 246 g/mol. The van der Waals surface area contributed by atoms with Crippen molar-refractivity contribution in [2.45, 2.75) is 0 Å². The number of hydrazine groups is 1. The third kappa shape index (κ3) is 1.89. The Kier molecular flexibility index (Phi) is 2.53. The molecule has 0 saturated heterocycles. The van der Waals surface area contributed by atoms with Gasteiger partial charge in [-0.2, -0.15) is 0 Å². The number of thioether (sulfide) groups is 1. The molecule has 2 aromatic rings. The van der Waals surface area contributed by atoms with Gasteiger partial charge in [0, 0.05) is 11.6 Å². The van der Waals surface area contributed by atoms with Crippen molar-refractivity contribution in [3.63, 3.8) is 0 Å². The summed E-state index contributed by atoms with van der Waals surface area (Å²) in [6.45, 7) is 0. The van der Waals surface area contributed by atoms with E-state index in [1.807, 2.05) is 29.7 Å². The number of fused-ring (bicyclic) bond motifs is 1. The van der Waals surface area contributed by atoms with E-state index in [-0.39, 0.29) is 5.63 Å². The maximum atomic E-state index is 11.9. The molecule has 0 amide bonds. The predicted octanol–water partition coefficient (Wildman–Crippen LogP) is 2.28. The molecule has 3 rings (SSSR count). The highest BCUT2D eigenvalue weighted by Gasteiger charge is 2.13. The van der Waals surface area contributed by atoms with Crippen molar-refractivity contribution in [2.75, 3.05) is 10.9 Å². The average Bonchev–Trinajstić information content (AvgIpc) is 2.39. The Balaban J connectivity index is 2.13. The van der Waals surface area contributed by atoms with Gasteiger partial charge in [-0.1, -0.05) is 18.2 Å². The standard InChI is InChI=1S/C12H10N2O2S/c15-12-10(14-8-17-6-5-13-14)7-9-3-1-2-4-11(9)16-12/h1-7,13H,8H2. The molecule has 1 aromatic carbocycles. The summed E-state index contributed by atoms with van der Waals surface area (Å²) in [6, 6.07) is 9.33. The van der Waals surface area contributed by atoms with E-state index in [2.05, 4.69) is 5.43 Å². The fourth-order valence-corrected chi connectivity index (χ4v) is 2.31. The van der Waals surface area contributed by atoms with Gasteiger partial charge in [-0.3, -0.25) is 5.01 Å². The minimum atomic E-state index is -0.327. The lowest BCUT2D eigenvalue weighted by atomic mass is 10.2. The van der Waals surface area contributed by atoms with Crippen molar-refractivity contribution in [3.05, 3.63) is 52.4 Å². The summed E-state index contributed by atoms with van der Waals surface area (Å²) in [4.78, 5) is 11.9. The van der Waals surface area contributed by atoms with Crippen LogP contribution in [0.2, 0.25) is 0 Å². The Morgan fingerprint density at radius 3 is 3.06 bits per heavy atom. The first-order chi connectivity index (χ1) is 8.34. The molecule has 4 nitrogen and oxygen atoms in total.